The van der Waals surface area contributed by atoms with Gasteiger partial charge in [0.2, 0.25) is 0 Å². The maximum absolute atomic E-state index is 11.4. The Kier molecular flexibility index (Phi) is 4.47. The first kappa shape index (κ1) is 14.3. The van der Waals surface area contributed by atoms with Crippen LogP contribution in [-0.2, 0) is 16.3 Å². The first-order valence-corrected chi connectivity index (χ1v) is 8.41. The number of hydrogen-bond acceptors (Lipinski definition) is 4. The van der Waals surface area contributed by atoms with Gasteiger partial charge in [-0.1, -0.05) is 12.1 Å². The van der Waals surface area contributed by atoms with Crippen LogP contribution in [0.5, 0.6) is 5.75 Å². The van der Waals surface area contributed by atoms with Gasteiger partial charge in [-0.3, -0.25) is 0 Å². The zero-order valence-corrected chi connectivity index (χ0v) is 12.0. The van der Waals surface area contributed by atoms with Crippen molar-refractivity contribution in [3.63, 3.8) is 0 Å². The SMILES string of the molecule is COc1ccc(CCC(N)C2CCS(=O)(=O)C2)cc1. The van der Waals surface area contributed by atoms with Gasteiger partial charge in [-0.2, -0.15) is 0 Å². The predicted octanol–water partition coefficient (Wildman–Crippen LogP) is 1.39. The van der Waals surface area contributed by atoms with E-state index in [0.717, 1.165) is 18.6 Å². The average molecular weight is 283 g/mol. The molecule has 0 amide bonds. The molecule has 0 spiro atoms. The van der Waals surface area contributed by atoms with E-state index in [1.54, 1.807) is 7.11 Å². The van der Waals surface area contributed by atoms with Crippen molar-refractivity contribution in [3.05, 3.63) is 29.8 Å². The van der Waals surface area contributed by atoms with E-state index in [0.29, 0.717) is 12.2 Å². The summed E-state index contributed by atoms with van der Waals surface area (Å²) in [6.07, 6.45) is 2.42. The number of methoxy groups -OCH3 is 1. The van der Waals surface area contributed by atoms with E-state index in [2.05, 4.69) is 0 Å². The lowest BCUT2D eigenvalue weighted by molar-refractivity contribution is 0.414. The fraction of sp³-hybridized carbons (Fsp3) is 0.571. The topological polar surface area (TPSA) is 69.4 Å². The molecular formula is C14H21NO3S. The summed E-state index contributed by atoms with van der Waals surface area (Å²) in [5.74, 6) is 1.53. The van der Waals surface area contributed by atoms with Crippen molar-refractivity contribution >= 4 is 9.84 Å². The second-order valence-electron chi connectivity index (χ2n) is 5.21. The third-order valence-corrected chi connectivity index (χ3v) is 5.59. The van der Waals surface area contributed by atoms with E-state index in [4.69, 9.17) is 10.5 Å². The number of sulfone groups is 1. The number of hydrogen-bond donors (Lipinski definition) is 1. The van der Waals surface area contributed by atoms with Crippen LogP contribution in [0.25, 0.3) is 0 Å². The van der Waals surface area contributed by atoms with E-state index < -0.39 is 9.84 Å². The molecule has 19 heavy (non-hydrogen) atoms. The van der Waals surface area contributed by atoms with Gasteiger partial charge in [0.1, 0.15) is 5.75 Å². The van der Waals surface area contributed by atoms with Crippen molar-refractivity contribution in [1.29, 1.82) is 0 Å². The highest BCUT2D eigenvalue weighted by Gasteiger charge is 2.31. The predicted molar refractivity (Wildman–Crippen MR) is 76.1 cm³/mol. The third-order valence-electron chi connectivity index (χ3n) is 3.80. The Labute approximate surface area is 114 Å². The minimum Gasteiger partial charge on any atom is -0.497 e. The van der Waals surface area contributed by atoms with Crippen LogP contribution in [0, 0.1) is 5.92 Å². The largest absolute Gasteiger partial charge is 0.497 e. The molecule has 2 atom stereocenters. The van der Waals surface area contributed by atoms with Crippen molar-refractivity contribution in [2.45, 2.75) is 25.3 Å². The summed E-state index contributed by atoms with van der Waals surface area (Å²) in [5.41, 5.74) is 7.32. The van der Waals surface area contributed by atoms with Gasteiger partial charge in [0.25, 0.3) is 0 Å². The van der Waals surface area contributed by atoms with Crippen molar-refractivity contribution < 1.29 is 13.2 Å². The van der Waals surface area contributed by atoms with Crippen LogP contribution >= 0.6 is 0 Å². The molecule has 1 fully saturated rings. The lowest BCUT2D eigenvalue weighted by Gasteiger charge is -2.17. The van der Waals surface area contributed by atoms with Crippen LogP contribution in [0.3, 0.4) is 0 Å². The molecule has 0 radical (unpaired) electrons. The lowest BCUT2D eigenvalue weighted by Crippen LogP contribution is -2.31. The summed E-state index contributed by atoms with van der Waals surface area (Å²) in [4.78, 5) is 0. The molecule has 1 aromatic rings. The Morgan fingerprint density at radius 2 is 2.05 bits per heavy atom. The van der Waals surface area contributed by atoms with Crippen LogP contribution < -0.4 is 10.5 Å². The number of benzene rings is 1. The molecular weight excluding hydrogens is 262 g/mol. The molecule has 5 heteroatoms. The van der Waals surface area contributed by atoms with Crippen LogP contribution in [0.4, 0.5) is 0 Å². The molecule has 4 nitrogen and oxygen atoms in total. The number of rotatable bonds is 5. The highest BCUT2D eigenvalue weighted by atomic mass is 32.2. The first-order chi connectivity index (χ1) is 9.00. The van der Waals surface area contributed by atoms with Gasteiger partial charge in [0, 0.05) is 6.04 Å². The first-order valence-electron chi connectivity index (χ1n) is 6.59. The molecule has 2 N–H and O–H groups in total. The minimum atomic E-state index is -2.83. The fourth-order valence-electron chi connectivity index (χ4n) is 2.52. The maximum Gasteiger partial charge on any atom is 0.150 e. The number of ether oxygens (including phenoxy) is 1. The molecule has 0 aliphatic carbocycles. The van der Waals surface area contributed by atoms with Crippen LogP contribution in [-0.4, -0.2) is 33.1 Å². The molecule has 2 unspecified atom stereocenters. The molecule has 1 aromatic carbocycles. The standard InChI is InChI=1S/C14H21NO3S/c1-18-13-5-2-11(3-6-13)4-7-14(15)12-8-9-19(16,17)10-12/h2-3,5-6,12,14H,4,7-10,15H2,1H3. The monoisotopic (exact) mass is 283 g/mol. The Bertz CT molecular complexity index is 510. The van der Waals surface area contributed by atoms with Gasteiger partial charge in [0.05, 0.1) is 18.6 Å². The van der Waals surface area contributed by atoms with Crippen molar-refractivity contribution in [3.8, 4) is 5.75 Å². The van der Waals surface area contributed by atoms with E-state index in [1.165, 1.54) is 5.56 Å². The normalized spacial score (nSPS) is 23.2. The molecule has 1 aliphatic rings. The molecule has 106 valence electrons. The highest BCUT2D eigenvalue weighted by Crippen LogP contribution is 2.23. The summed E-state index contributed by atoms with van der Waals surface area (Å²) in [5, 5.41) is 0. The molecule has 2 rings (SSSR count). The summed E-state index contributed by atoms with van der Waals surface area (Å²) >= 11 is 0. The summed E-state index contributed by atoms with van der Waals surface area (Å²) < 4.78 is 27.9. The van der Waals surface area contributed by atoms with Gasteiger partial charge in [-0.05, 0) is 42.9 Å². The third kappa shape index (κ3) is 3.94. The second-order valence-corrected chi connectivity index (χ2v) is 7.44. The van der Waals surface area contributed by atoms with Crippen molar-refractivity contribution in [2.75, 3.05) is 18.6 Å². The van der Waals surface area contributed by atoms with E-state index in [9.17, 15) is 8.42 Å². The zero-order chi connectivity index (χ0) is 13.9. The quantitative estimate of drug-likeness (QED) is 0.886. The number of nitrogens with two attached hydrogens (primary N) is 1. The van der Waals surface area contributed by atoms with E-state index in [-0.39, 0.29) is 17.7 Å². The van der Waals surface area contributed by atoms with Crippen LogP contribution in [0.2, 0.25) is 0 Å². The lowest BCUT2D eigenvalue weighted by atomic mass is 9.94. The van der Waals surface area contributed by atoms with Gasteiger partial charge in [0.15, 0.2) is 9.84 Å². The fourth-order valence-corrected chi connectivity index (χ4v) is 4.42. The summed E-state index contributed by atoms with van der Waals surface area (Å²) in [7, 11) is -1.18. The van der Waals surface area contributed by atoms with Gasteiger partial charge in [-0.15, -0.1) is 0 Å². The Balaban J connectivity index is 1.84. The molecule has 0 aromatic heterocycles. The molecule has 0 bridgehead atoms. The molecule has 1 saturated heterocycles. The van der Waals surface area contributed by atoms with Gasteiger partial charge < -0.3 is 10.5 Å². The van der Waals surface area contributed by atoms with Crippen LogP contribution in [0.15, 0.2) is 24.3 Å². The smallest absolute Gasteiger partial charge is 0.150 e. The molecule has 1 aliphatic heterocycles. The highest BCUT2D eigenvalue weighted by molar-refractivity contribution is 7.91. The summed E-state index contributed by atoms with van der Waals surface area (Å²) in [6.45, 7) is 0. The Hall–Kier alpha value is -1.07. The van der Waals surface area contributed by atoms with Gasteiger partial charge >= 0.3 is 0 Å². The van der Waals surface area contributed by atoms with Crippen molar-refractivity contribution in [2.24, 2.45) is 11.7 Å². The zero-order valence-electron chi connectivity index (χ0n) is 11.2. The molecule has 0 saturated carbocycles. The minimum absolute atomic E-state index is 0.0284. The van der Waals surface area contributed by atoms with Crippen molar-refractivity contribution in [1.82, 2.24) is 0 Å². The Morgan fingerprint density at radius 1 is 1.37 bits per heavy atom. The van der Waals surface area contributed by atoms with Crippen LogP contribution in [0.1, 0.15) is 18.4 Å². The summed E-state index contributed by atoms with van der Waals surface area (Å²) in [6, 6.07) is 7.88. The second kappa shape index (κ2) is 5.92. The van der Waals surface area contributed by atoms with E-state index in [1.807, 2.05) is 24.3 Å². The molecule has 1 heterocycles. The number of aryl methyl sites for hydroxylation is 1. The van der Waals surface area contributed by atoms with E-state index >= 15 is 0 Å². The average Bonchev–Trinajstić information content (AvgIpc) is 2.77. The van der Waals surface area contributed by atoms with Gasteiger partial charge in [-0.25, -0.2) is 8.42 Å². The Morgan fingerprint density at radius 3 is 2.58 bits per heavy atom. The maximum atomic E-state index is 11.4.